The summed E-state index contributed by atoms with van der Waals surface area (Å²) < 4.78 is 5.33. The fraction of sp³-hybridized carbons (Fsp3) is 0.238. The Labute approximate surface area is 153 Å². The van der Waals surface area contributed by atoms with Crippen molar-refractivity contribution >= 4 is 11.8 Å². The van der Waals surface area contributed by atoms with Crippen molar-refractivity contribution in [3.05, 3.63) is 71.4 Å². The fourth-order valence-electron chi connectivity index (χ4n) is 2.87. The molecule has 1 amide bonds. The Morgan fingerprint density at radius 3 is 2.46 bits per heavy atom. The van der Waals surface area contributed by atoms with Crippen LogP contribution in [0, 0.1) is 13.8 Å². The number of hydrogen-bond acceptors (Lipinski definition) is 4. The van der Waals surface area contributed by atoms with Crippen LogP contribution in [0.4, 0.5) is 5.88 Å². The first kappa shape index (κ1) is 17.9. The van der Waals surface area contributed by atoms with Crippen LogP contribution < -0.4 is 5.32 Å². The number of likely N-dealkylation sites (N-methyl/N-ethyl adjacent to an activating group) is 1. The van der Waals surface area contributed by atoms with Gasteiger partial charge in [-0.3, -0.25) is 15.0 Å². The van der Waals surface area contributed by atoms with Gasteiger partial charge in [0.15, 0.2) is 0 Å². The first-order valence-electron chi connectivity index (χ1n) is 8.58. The van der Waals surface area contributed by atoms with Gasteiger partial charge in [0.25, 0.3) is 0 Å². The van der Waals surface area contributed by atoms with Crippen LogP contribution in [0.2, 0.25) is 0 Å². The first-order valence-corrected chi connectivity index (χ1v) is 8.58. The minimum Gasteiger partial charge on any atom is -0.337 e. The van der Waals surface area contributed by atoms with Crippen molar-refractivity contribution in [3.8, 4) is 11.1 Å². The van der Waals surface area contributed by atoms with Crippen LogP contribution in [0.3, 0.4) is 0 Å². The molecule has 26 heavy (non-hydrogen) atoms. The molecule has 3 aromatic rings. The van der Waals surface area contributed by atoms with Crippen LogP contribution in [0.1, 0.15) is 16.8 Å². The van der Waals surface area contributed by atoms with E-state index in [1.165, 1.54) is 11.1 Å². The van der Waals surface area contributed by atoms with Gasteiger partial charge in [0.05, 0.1) is 17.8 Å². The molecule has 0 aliphatic heterocycles. The Hall–Kier alpha value is -2.92. The molecule has 0 aliphatic carbocycles. The third kappa shape index (κ3) is 4.37. The molecule has 0 saturated carbocycles. The summed E-state index contributed by atoms with van der Waals surface area (Å²) in [6.07, 6.45) is 0. The first-order chi connectivity index (χ1) is 12.5. The number of aromatic nitrogens is 1. The van der Waals surface area contributed by atoms with Gasteiger partial charge in [-0.1, -0.05) is 65.3 Å². The molecule has 0 unspecified atom stereocenters. The summed E-state index contributed by atoms with van der Waals surface area (Å²) in [6, 6.07) is 18.1. The summed E-state index contributed by atoms with van der Waals surface area (Å²) in [5.74, 6) is 0.260. The van der Waals surface area contributed by atoms with E-state index in [4.69, 9.17) is 4.52 Å². The van der Waals surface area contributed by atoms with E-state index in [0.29, 0.717) is 12.4 Å². The number of nitrogens with one attached hydrogen (secondary N) is 1. The lowest BCUT2D eigenvalue weighted by Crippen LogP contribution is -2.29. The smallest absolute Gasteiger partial charge is 0.240 e. The standard InChI is InChI=1S/C21H23N3O2/c1-15-9-11-17(12-10-15)13-24(3)14-19(25)22-21-20(16(2)23-26-21)18-7-5-4-6-8-18/h4-12H,13-14H2,1-3H3,(H,22,25). The molecular formula is C21H23N3O2. The zero-order valence-corrected chi connectivity index (χ0v) is 15.3. The fourth-order valence-corrected chi connectivity index (χ4v) is 2.87. The van der Waals surface area contributed by atoms with E-state index in [-0.39, 0.29) is 12.5 Å². The molecule has 0 bridgehead atoms. The number of amides is 1. The molecule has 0 fully saturated rings. The molecule has 0 radical (unpaired) electrons. The highest BCUT2D eigenvalue weighted by atomic mass is 16.5. The maximum Gasteiger partial charge on any atom is 0.240 e. The molecule has 0 atom stereocenters. The molecule has 0 spiro atoms. The van der Waals surface area contributed by atoms with Gasteiger partial charge in [-0.15, -0.1) is 0 Å². The lowest BCUT2D eigenvalue weighted by Gasteiger charge is -2.16. The van der Waals surface area contributed by atoms with Gasteiger partial charge in [-0.05, 0) is 32.0 Å². The summed E-state index contributed by atoms with van der Waals surface area (Å²) in [5, 5.41) is 6.84. The Morgan fingerprint density at radius 1 is 1.08 bits per heavy atom. The van der Waals surface area contributed by atoms with Gasteiger partial charge in [0, 0.05) is 6.54 Å². The van der Waals surface area contributed by atoms with Gasteiger partial charge in [0.1, 0.15) is 0 Å². The largest absolute Gasteiger partial charge is 0.337 e. The number of aryl methyl sites for hydroxylation is 2. The summed E-state index contributed by atoms with van der Waals surface area (Å²) in [7, 11) is 1.92. The van der Waals surface area contributed by atoms with Crippen LogP contribution in [0.25, 0.3) is 11.1 Å². The quantitative estimate of drug-likeness (QED) is 0.730. The molecule has 1 N–H and O–H groups in total. The Morgan fingerprint density at radius 2 is 1.77 bits per heavy atom. The average Bonchev–Trinajstić information content (AvgIpc) is 2.97. The van der Waals surface area contributed by atoms with E-state index in [9.17, 15) is 4.79 Å². The minimum atomic E-state index is -0.132. The maximum atomic E-state index is 12.4. The van der Waals surface area contributed by atoms with E-state index in [1.807, 2.05) is 49.2 Å². The molecule has 0 saturated heterocycles. The summed E-state index contributed by atoms with van der Waals surface area (Å²) in [5.41, 5.74) is 4.93. The molecule has 5 heteroatoms. The monoisotopic (exact) mass is 349 g/mol. The van der Waals surface area contributed by atoms with E-state index in [0.717, 1.165) is 16.8 Å². The number of anilines is 1. The van der Waals surface area contributed by atoms with E-state index < -0.39 is 0 Å². The van der Waals surface area contributed by atoms with Crippen molar-refractivity contribution in [2.45, 2.75) is 20.4 Å². The van der Waals surface area contributed by atoms with Crippen LogP contribution in [-0.2, 0) is 11.3 Å². The number of benzene rings is 2. The second kappa shape index (κ2) is 7.97. The Bertz CT molecular complexity index is 870. The summed E-state index contributed by atoms with van der Waals surface area (Å²) in [4.78, 5) is 14.4. The third-order valence-electron chi connectivity index (χ3n) is 4.16. The number of rotatable bonds is 6. The van der Waals surface area contributed by atoms with Gasteiger partial charge in [-0.2, -0.15) is 0 Å². The van der Waals surface area contributed by atoms with Crippen LogP contribution in [0.5, 0.6) is 0 Å². The highest BCUT2D eigenvalue weighted by molar-refractivity contribution is 5.95. The molecule has 0 aliphatic rings. The minimum absolute atomic E-state index is 0.132. The van der Waals surface area contributed by atoms with Crippen LogP contribution in [-0.4, -0.2) is 29.6 Å². The van der Waals surface area contributed by atoms with Crippen LogP contribution in [0.15, 0.2) is 59.1 Å². The second-order valence-electron chi connectivity index (χ2n) is 6.54. The average molecular weight is 349 g/mol. The highest BCUT2D eigenvalue weighted by Gasteiger charge is 2.18. The Balaban J connectivity index is 1.64. The van der Waals surface area contributed by atoms with Crippen molar-refractivity contribution in [1.82, 2.24) is 10.1 Å². The molecule has 1 aromatic heterocycles. The second-order valence-corrected chi connectivity index (χ2v) is 6.54. The SMILES string of the molecule is Cc1ccc(CN(C)CC(=O)Nc2onc(C)c2-c2ccccc2)cc1. The molecule has 3 rings (SSSR count). The number of carbonyl (C=O) groups excluding carboxylic acids is 1. The predicted molar refractivity (Wildman–Crippen MR) is 103 cm³/mol. The van der Waals surface area contributed by atoms with Gasteiger partial charge < -0.3 is 4.52 Å². The zero-order valence-electron chi connectivity index (χ0n) is 15.3. The molecule has 5 nitrogen and oxygen atoms in total. The Kier molecular flexibility index (Phi) is 5.49. The number of nitrogens with zero attached hydrogens (tertiary/aromatic N) is 2. The lowest BCUT2D eigenvalue weighted by molar-refractivity contribution is -0.117. The van der Waals surface area contributed by atoms with Gasteiger partial charge in [0.2, 0.25) is 11.8 Å². The molecule has 1 heterocycles. The van der Waals surface area contributed by atoms with Crippen molar-refractivity contribution in [2.75, 3.05) is 18.9 Å². The number of carbonyl (C=O) groups is 1. The summed E-state index contributed by atoms with van der Waals surface area (Å²) >= 11 is 0. The van der Waals surface area contributed by atoms with Gasteiger partial charge in [-0.25, -0.2) is 0 Å². The lowest BCUT2D eigenvalue weighted by atomic mass is 10.1. The topological polar surface area (TPSA) is 58.4 Å². The summed E-state index contributed by atoms with van der Waals surface area (Å²) in [6.45, 7) is 4.90. The molecular weight excluding hydrogens is 326 g/mol. The van der Waals surface area contributed by atoms with E-state index in [1.54, 1.807) is 0 Å². The molecule has 2 aromatic carbocycles. The normalized spacial score (nSPS) is 10.9. The molecule has 134 valence electrons. The van der Waals surface area contributed by atoms with Crippen molar-refractivity contribution in [1.29, 1.82) is 0 Å². The van der Waals surface area contributed by atoms with Crippen LogP contribution >= 0.6 is 0 Å². The highest BCUT2D eigenvalue weighted by Crippen LogP contribution is 2.31. The maximum absolute atomic E-state index is 12.4. The van der Waals surface area contributed by atoms with Gasteiger partial charge >= 0.3 is 0 Å². The van der Waals surface area contributed by atoms with Crippen molar-refractivity contribution in [3.63, 3.8) is 0 Å². The third-order valence-corrected chi connectivity index (χ3v) is 4.16. The predicted octanol–water partition coefficient (Wildman–Crippen LogP) is 4.03. The van der Waals surface area contributed by atoms with E-state index >= 15 is 0 Å². The zero-order chi connectivity index (χ0) is 18.5. The van der Waals surface area contributed by atoms with E-state index in [2.05, 4.69) is 41.7 Å². The van der Waals surface area contributed by atoms with Crippen molar-refractivity contribution < 1.29 is 9.32 Å². The van der Waals surface area contributed by atoms with Crippen molar-refractivity contribution in [2.24, 2.45) is 0 Å². The number of hydrogen-bond donors (Lipinski definition) is 1.